The Hall–Kier alpha value is -2.34. The Morgan fingerprint density at radius 3 is 2.82 bits per heavy atom. The van der Waals surface area contributed by atoms with E-state index in [1.54, 1.807) is 16.2 Å². The van der Waals surface area contributed by atoms with E-state index in [9.17, 15) is 9.59 Å². The minimum absolute atomic E-state index is 0.0586. The van der Waals surface area contributed by atoms with Crippen molar-refractivity contribution >= 4 is 29.0 Å². The molecule has 1 aliphatic rings. The van der Waals surface area contributed by atoms with Crippen LogP contribution in [-0.2, 0) is 16.0 Å². The second-order valence-corrected chi connectivity index (χ2v) is 6.04. The quantitative estimate of drug-likeness (QED) is 0.921. The molecule has 5 nitrogen and oxygen atoms in total. The molecule has 0 unspecified atom stereocenters. The van der Waals surface area contributed by atoms with Crippen molar-refractivity contribution in [3.05, 3.63) is 52.7 Å². The molecule has 1 aliphatic heterocycles. The topological polar surface area (TPSA) is 58.6 Å². The zero-order valence-corrected chi connectivity index (χ0v) is 12.7. The van der Waals surface area contributed by atoms with E-state index in [0.29, 0.717) is 19.5 Å². The first-order chi connectivity index (χ1) is 10.7. The standard InChI is InChI=1S/C16H16N2O3S/c19-15(9-14-7-4-8-22-14)17-10-13-11-18(16(20)21-13)12-5-2-1-3-6-12/h1-8,13H,9-11H2,(H,17,19)/t13-/m1/s1. The van der Waals surface area contributed by atoms with E-state index in [1.807, 2.05) is 47.8 Å². The number of amides is 2. The lowest BCUT2D eigenvalue weighted by Gasteiger charge is -2.12. The maximum absolute atomic E-state index is 11.9. The zero-order valence-electron chi connectivity index (χ0n) is 11.9. The van der Waals surface area contributed by atoms with Crippen molar-refractivity contribution in [2.75, 3.05) is 18.0 Å². The average molecular weight is 316 g/mol. The number of para-hydroxylation sites is 1. The van der Waals surface area contributed by atoms with Crippen LogP contribution in [0.4, 0.5) is 10.5 Å². The van der Waals surface area contributed by atoms with Crippen molar-refractivity contribution in [2.45, 2.75) is 12.5 Å². The Kier molecular flexibility index (Phi) is 4.39. The molecule has 0 spiro atoms. The summed E-state index contributed by atoms with van der Waals surface area (Å²) < 4.78 is 5.29. The number of thiophene rings is 1. The molecule has 6 heteroatoms. The van der Waals surface area contributed by atoms with Crippen LogP contribution in [0.25, 0.3) is 0 Å². The van der Waals surface area contributed by atoms with Crippen LogP contribution >= 0.6 is 11.3 Å². The number of hydrogen-bond acceptors (Lipinski definition) is 4. The van der Waals surface area contributed by atoms with Crippen LogP contribution in [0.3, 0.4) is 0 Å². The van der Waals surface area contributed by atoms with Gasteiger partial charge in [-0.05, 0) is 23.6 Å². The molecule has 0 radical (unpaired) electrons. The van der Waals surface area contributed by atoms with E-state index in [2.05, 4.69) is 5.32 Å². The van der Waals surface area contributed by atoms with Gasteiger partial charge in [-0.2, -0.15) is 0 Å². The lowest BCUT2D eigenvalue weighted by atomic mass is 10.2. The molecule has 0 aliphatic carbocycles. The van der Waals surface area contributed by atoms with E-state index in [1.165, 1.54) is 0 Å². The van der Waals surface area contributed by atoms with Gasteiger partial charge in [-0.25, -0.2) is 4.79 Å². The molecule has 0 bridgehead atoms. The van der Waals surface area contributed by atoms with Gasteiger partial charge in [-0.1, -0.05) is 24.3 Å². The number of cyclic esters (lactones) is 1. The summed E-state index contributed by atoms with van der Waals surface area (Å²) in [5, 5.41) is 4.76. The molecule has 2 aromatic rings. The second kappa shape index (κ2) is 6.62. The number of carbonyl (C=O) groups is 2. The van der Waals surface area contributed by atoms with E-state index in [0.717, 1.165) is 10.6 Å². The predicted molar refractivity (Wildman–Crippen MR) is 85.1 cm³/mol. The smallest absolute Gasteiger partial charge is 0.414 e. The van der Waals surface area contributed by atoms with Crippen LogP contribution in [0.2, 0.25) is 0 Å². The SMILES string of the molecule is O=C(Cc1cccs1)NC[C@@H]1CN(c2ccccc2)C(=O)O1. The number of carbonyl (C=O) groups excluding carboxylic acids is 2. The van der Waals surface area contributed by atoms with Gasteiger partial charge >= 0.3 is 6.09 Å². The van der Waals surface area contributed by atoms with Crippen LogP contribution in [0, 0.1) is 0 Å². The number of anilines is 1. The fourth-order valence-electron chi connectivity index (χ4n) is 2.31. The van der Waals surface area contributed by atoms with Crippen LogP contribution < -0.4 is 10.2 Å². The number of ether oxygens (including phenoxy) is 1. The monoisotopic (exact) mass is 316 g/mol. The highest BCUT2D eigenvalue weighted by molar-refractivity contribution is 7.10. The third-order valence-corrected chi connectivity index (χ3v) is 4.26. The first-order valence-corrected chi connectivity index (χ1v) is 7.92. The maximum Gasteiger partial charge on any atom is 0.414 e. The normalized spacial score (nSPS) is 17.4. The molecule has 3 rings (SSSR count). The minimum atomic E-state index is -0.372. The average Bonchev–Trinajstić information content (AvgIpc) is 3.16. The van der Waals surface area contributed by atoms with Crippen LogP contribution in [0.15, 0.2) is 47.8 Å². The van der Waals surface area contributed by atoms with Crippen molar-refractivity contribution < 1.29 is 14.3 Å². The third-order valence-electron chi connectivity index (χ3n) is 3.38. The van der Waals surface area contributed by atoms with Gasteiger partial charge in [0.25, 0.3) is 0 Å². The van der Waals surface area contributed by atoms with Crippen molar-refractivity contribution in [1.82, 2.24) is 5.32 Å². The number of benzene rings is 1. The maximum atomic E-state index is 11.9. The Balaban J connectivity index is 1.50. The van der Waals surface area contributed by atoms with Crippen LogP contribution in [-0.4, -0.2) is 31.2 Å². The van der Waals surface area contributed by atoms with E-state index in [-0.39, 0.29) is 18.1 Å². The first kappa shape index (κ1) is 14.6. The van der Waals surface area contributed by atoms with Crippen LogP contribution in [0.1, 0.15) is 4.88 Å². The van der Waals surface area contributed by atoms with Gasteiger partial charge in [0.05, 0.1) is 19.5 Å². The van der Waals surface area contributed by atoms with E-state index >= 15 is 0 Å². The summed E-state index contributed by atoms with van der Waals surface area (Å²) in [5.41, 5.74) is 0.805. The summed E-state index contributed by atoms with van der Waals surface area (Å²) in [6, 6.07) is 13.2. The third kappa shape index (κ3) is 3.46. The summed E-state index contributed by atoms with van der Waals surface area (Å²) in [5.74, 6) is -0.0586. The lowest BCUT2D eigenvalue weighted by Crippen LogP contribution is -2.35. The number of hydrogen-bond donors (Lipinski definition) is 1. The van der Waals surface area contributed by atoms with Crippen molar-refractivity contribution in [2.24, 2.45) is 0 Å². The van der Waals surface area contributed by atoms with Gasteiger partial charge in [0.1, 0.15) is 6.10 Å². The first-order valence-electron chi connectivity index (χ1n) is 7.04. The van der Waals surface area contributed by atoms with Gasteiger partial charge in [-0.3, -0.25) is 9.69 Å². The summed E-state index contributed by atoms with van der Waals surface area (Å²) in [7, 11) is 0. The highest BCUT2D eigenvalue weighted by Gasteiger charge is 2.32. The molecule has 1 saturated heterocycles. The van der Waals surface area contributed by atoms with Crippen molar-refractivity contribution in [3.8, 4) is 0 Å². The van der Waals surface area contributed by atoms with Gasteiger partial charge in [0.15, 0.2) is 0 Å². The summed E-state index contributed by atoms with van der Waals surface area (Å²) in [6.45, 7) is 0.779. The molecule has 1 aromatic carbocycles. The molecule has 114 valence electrons. The predicted octanol–water partition coefficient (Wildman–Crippen LogP) is 2.43. The molecular weight excluding hydrogens is 300 g/mol. The number of nitrogens with one attached hydrogen (secondary N) is 1. The summed E-state index contributed by atoms with van der Waals surface area (Å²) in [4.78, 5) is 26.3. The molecule has 2 amide bonds. The highest BCUT2D eigenvalue weighted by Crippen LogP contribution is 2.20. The van der Waals surface area contributed by atoms with E-state index in [4.69, 9.17) is 4.74 Å². The number of rotatable bonds is 5. The van der Waals surface area contributed by atoms with Gasteiger partial charge in [0, 0.05) is 10.6 Å². The van der Waals surface area contributed by atoms with Gasteiger partial charge < -0.3 is 10.1 Å². The molecule has 0 saturated carbocycles. The Labute approximate surface area is 132 Å². The Morgan fingerprint density at radius 2 is 2.09 bits per heavy atom. The fourth-order valence-corrected chi connectivity index (χ4v) is 3.01. The van der Waals surface area contributed by atoms with Gasteiger partial charge in [0.2, 0.25) is 5.91 Å². The molecule has 2 heterocycles. The molecular formula is C16H16N2O3S. The molecule has 22 heavy (non-hydrogen) atoms. The van der Waals surface area contributed by atoms with Crippen molar-refractivity contribution in [3.63, 3.8) is 0 Å². The fraction of sp³-hybridized carbons (Fsp3) is 0.250. The lowest BCUT2D eigenvalue weighted by molar-refractivity contribution is -0.120. The highest BCUT2D eigenvalue weighted by atomic mass is 32.1. The molecule has 1 N–H and O–H groups in total. The van der Waals surface area contributed by atoms with Crippen LogP contribution in [0.5, 0.6) is 0 Å². The molecule has 1 fully saturated rings. The largest absolute Gasteiger partial charge is 0.442 e. The van der Waals surface area contributed by atoms with Crippen molar-refractivity contribution in [1.29, 1.82) is 0 Å². The Morgan fingerprint density at radius 1 is 1.27 bits per heavy atom. The Bertz CT molecular complexity index is 643. The summed E-state index contributed by atoms with van der Waals surface area (Å²) >= 11 is 1.55. The second-order valence-electron chi connectivity index (χ2n) is 5.01. The molecule has 1 atom stereocenters. The minimum Gasteiger partial charge on any atom is -0.442 e. The summed E-state index contributed by atoms with van der Waals surface area (Å²) in [6.07, 6.45) is -0.329. The van der Waals surface area contributed by atoms with Gasteiger partial charge in [-0.15, -0.1) is 11.3 Å². The van der Waals surface area contributed by atoms with E-state index < -0.39 is 0 Å². The zero-order chi connectivity index (χ0) is 15.4. The molecule has 1 aromatic heterocycles. The number of nitrogens with zero attached hydrogens (tertiary/aromatic N) is 1.